The molecule has 0 fully saturated rings. The molecule has 0 bridgehead atoms. The number of hydrogen-bond donors (Lipinski definition) is 1. The van der Waals surface area contributed by atoms with E-state index in [2.05, 4.69) is 26.2 Å². The lowest BCUT2D eigenvalue weighted by atomic mass is 10.1. The number of carbonyl (C=O) groups is 1. The standard InChI is InChI=1S/C14H10BrClN2O/c15-11-3-1-10(2-4-11)13(19)7-8-17-14-6-5-12(16)9-18-14/h1-9H,(H,17,18)/b8-7-. The fourth-order valence-corrected chi connectivity index (χ4v) is 1.75. The van der Waals surface area contributed by atoms with Crippen molar-refractivity contribution in [3.8, 4) is 0 Å². The molecule has 2 aromatic rings. The molecule has 0 atom stereocenters. The van der Waals surface area contributed by atoms with Gasteiger partial charge >= 0.3 is 0 Å². The lowest BCUT2D eigenvalue weighted by Gasteiger charge is -1.99. The lowest BCUT2D eigenvalue weighted by molar-refractivity contribution is 0.104. The summed E-state index contributed by atoms with van der Waals surface area (Å²) in [5, 5.41) is 3.47. The Bertz CT molecular complexity index is 594. The molecule has 0 saturated heterocycles. The quantitative estimate of drug-likeness (QED) is 0.668. The van der Waals surface area contributed by atoms with Gasteiger partial charge in [0.1, 0.15) is 5.82 Å². The van der Waals surface area contributed by atoms with Crippen molar-refractivity contribution in [3.63, 3.8) is 0 Å². The predicted octanol–water partition coefficient (Wildman–Crippen LogP) is 4.31. The van der Waals surface area contributed by atoms with Crippen LogP contribution in [0.1, 0.15) is 10.4 Å². The maximum absolute atomic E-state index is 11.8. The normalized spacial score (nSPS) is 10.6. The summed E-state index contributed by atoms with van der Waals surface area (Å²) in [4.78, 5) is 15.9. The lowest BCUT2D eigenvalue weighted by Crippen LogP contribution is -1.96. The molecule has 1 aromatic heterocycles. The SMILES string of the molecule is O=C(/C=C\Nc1ccc(Cl)cn1)c1ccc(Br)cc1. The highest BCUT2D eigenvalue weighted by Crippen LogP contribution is 2.12. The van der Waals surface area contributed by atoms with Crippen LogP contribution in [-0.2, 0) is 0 Å². The van der Waals surface area contributed by atoms with Crippen LogP contribution in [-0.4, -0.2) is 10.8 Å². The monoisotopic (exact) mass is 336 g/mol. The molecular formula is C14H10BrClN2O. The molecule has 3 nitrogen and oxygen atoms in total. The minimum absolute atomic E-state index is 0.0750. The van der Waals surface area contributed by atoms with E-state index in [1.165, 1.54) is 12.3 Å². The number of halogens is 2. The summed E-state index contributed by atoms with van der Waals surface area (Å²) in [5.74, 6) is 0.554. The van der Waals surface area contributed by atoms with Gasteiger partial charge in [0.15, 0.2) is 5.78 Å². The van der Waals surface area contributed by atoms with Crippen LogP contribution in [0.3, 0.4) is 0 Å². The van der Waals surface area contributed by atoms with Gasteiger partial charge in [0.2, 0.25) is 0 Å². The molecular weight excluding hydrogens is 328 g/mol. The van der Waals surface area contributed by atoms with Gasteiger partial charge in [-0.15, -0.1) is 0 Å². The van der Waals surface area contributed by atoms with Gasteiger partial charge in [-0.3, -0.25) is 4.79 Å². The summed E-state index contributed by atoms with van der Waals surface area (Å²) in [7, 11) is 0. The number of aromatic nitrogens is 1. The van der Waals surface area contributed by atoms with E-state index < -0.39 is 0 Å². The highest BCUT2D eigenvalue weighted by Gasteiger charge is 2.00. The van der Waals surface area contributed by atoms with Crippen LogP contribution in [0.5, 0.6) is 0 Å². The summed E-state index contributed by atoms with van der Waals surface area (Å²) in [6.07, 6.45) is 4.55. The minimum atomic E-state index is -0.0750. The number of carbonyl (C=O) groups excluding carboxylic acids is 1. The molecule has 96 valence electrons. The number of ketones is 1. The summed E-state index contributed by atoms with van der Waals surface area (Å²) in [6, 6.07) is 10.6. The summed E-state index contributed by atoms with van der Waals surface area (Å²) in [5.41, 5.74) is 0.630. The Morgan fingerprint density at radius 3 is 2.58 bits per heavy atom. The van der Waals surface area contributed by atoms with Gasteiger partial charge in [0.25, 0.3) is 0 Å². The van der Waals surface area contributed by atoms with Crippen LogP contribution in [0, 0.1) is 0 Å². The van der Waals surface area contributed by atoms with Crippen LogP contribution in [0.15, 0.2) is 59.3 Å². The smallest absolute Gasteiger partial charge is 0.187 e. The van der Waals surface area contributed by atoms with E-state index in [1.54, 1.807) is 30.5 Å². The van der Waals surface area contributed by atoms with Crippen LogP contribution in [0.25, 0.3) is 0 Å². The van der Waals surface area contributed by atoms with E-state index in [-0.39, 0.29) is 5.78 Å². The van der Waals surface area contributed by atoms with Crippen molar-refractivity contribution < 1.29 is 4.79 Å². The first kappa shape index (κ1) is 13.8. The first-order chi connectivity index (χ1) is 9.15. The molecule has 2 rings (SSSR count). The number of rotatable bonds is 4. The third-order valence-corrected chi connectivity index (χ3v) is 3.07. The Kier molecular flexibility index (Phi) is 4.71. The molecule has 5 heteroatoms. The summed E-state index contributed by atoms with van der Waals surface area (Å²) in [6.45, 7) is 0. The van der Waals surface area contributed by atoms with Gasteiger partial charge in [-0.1, -0.05) is 27.5 Å². The van der Waals surface area contributed by atoms with Gasteiger partial charge in [-0.2, -0.15) is 0 Å². The molecule has 0 radical (unpaired) electrons. The fraction of sp³-hybridized carbons (Fsp3) is 0. The third-order valence-electron chi connectivity index (χ3n) is 2.32. The van der Waals surface area contributed by atoms with Crippen LogP contribution >= 0.6 is 27.5 Å². The van der Waals surface area contributed by atoms with Crippen LogP contribution < -0.4 is 5.32 Å². The summed E-state index contributed by atoms with van der Waals surface area (Å²) < 4.78 is 0.941. The van der Waals surface area contributed by atoms with Crippen molar-refractivity contribution in [2.75, 3.05) is 5.32 Å². The molecule has 1 heterocycles. The van der Waals surface area contributed by atoms with Crippen molar-refractivity contribution in [2.24, 2.45) is 0 Å². The topological polar surface area (TPSA) is 42.0 Å². The number of benzene rings is 1. The Balaban J connectivity index is 1.97. The van der Waals surface area contributed by atoms with Crippen molar-refractivity contribution in [1.82, 2.24) is 4.98 Å². The molecule has 1 N–H and O–H groups in total. The van der Waals surface area contributed by atoms with E-state index in [1.807, 2.05) is 12.1 Å². The van der Waals surface area contributed by atoms with Gasteiger partial charge in [-0.25, -0.2) is 4.98 Å². The average Bonchev–Trinajstić information content (AvgIpc) is 2.41. The van der Waals surface area contributed by atoms with Crippen LogP contribution in [0.4, 0.5) is 5.82 Å². The molecule has 0 amide bonds. The van der Waals surface area contributed by atoms with E-state index in [4.69, 9.17) is 11.6 Å². The third kappa shape index (κ3) is 4.19. The van der Waals surface area contributed by atoms with E-state index >= 15 is 0 Å². The minimum Gasteiger partial charge on any atom is -0.347 e. The van der Waals surface area contributed by atoms with Crippen LogP contribution in [0.2, 0.25) is 5.02 Å². The van der Waals surface area contributed by atoms with E-state index in [9.17, 15) is 4.79 Å². The molecule has 0 unspecified atom stereocenters. The number of pyridine rings is 1. The van der Waals surface area contributed by atoms with E-state index in [0.29, 0.717) is 16.4 Å². The van der Waals surface area contributed by atoms with Gasteiger partial charge in [0.05, 0.1) is 5.02 Å². The Morgan fingerprint density at radius 1 is 1.21 bits per heavy atom. The zero-order valence-electron chi connectivity index (χ0n) is 9.81. The number of nitrogens with one attached hydrogen (secondary N) is 1. The summed E-state index contributed by atoms with van der Waals surface area (Å²) >= 11 is 9.05. The number of nitrogens with zero attached hydrogens (tertiary/aromatic N) is 1. The van der Waals surface area contributed by atoms with Crippen molar-refractivity contribution in [2.45, 2.75) is 0 Å². The number of anilines is 1. The zero-order valence-corrected chi connectivity index (χ0v) is 12.1. The highest BCUT2D eigenvalue weighted by molar-refractivity contribution is 9.10. The molecule has 0 aliphatic carbocycles. The van der Waals surface area contributed by atoms with Crippen molar-refractivity contribution >= 4 is 39.1 Å². The maximum atomic E-state index is 11.8. The molecule has 0 spiro atoms. The predicted molar refractivity (Wildman–Crippen MR) is 80.5 cm³/mol. The first-order valence-electron chi connectivity index (χ1n) is 5.50. The first-order valence-corrected chi connectivity index (χ1v) is 6.67. The maximum Gasteiger partial charge on any atom is 0.187 e. The van der Waals surface area contributed by atoms with Gasteiger partial charge in [0, 0.05) is 28.5 Å². The number of allylic oxidation sites excluding steroid dienone is 1. The molecule has 19 heavy (non-hydrogen) atoms. The largest absolute Gasteiger partial charge is 0.347 e. The highest BCUT2D eigenvalue weighted by atomic mass is 79.9. The van der Waals surface area contributed by atoms with E-state index in [0.717, 1.165) is 4.47 Å². The average molecular weight is 338 g/mol. The van der Waals surface area contributed by atoms with Crippen molar-refractivity contribution in [1.29, 1.82) is 0 Å². The van der Waals surface area contributed by atoms with Gasteiger partial charge in [-0.05, 0) is 36.4 Å². The van der Waals surface area contributed by atoms with Gasteiger partial charge < -0.3 is 5.32 Å². The zero-order chi connectivity index (χ0) is 13.7. The van der Waals surface area contributed by atoms with Crippen molar-refractivity contribution in [3.05, 3.63) is 69.9 Å². The molecule has 0 saturated carbocycles. The molecule has 0 aliphatic heterocycles. The molecule has 1 aromatic carbocycles. The fourth-order valence-electron chi connectivity index (χ4n) is 1.37. The second-order valence-electron chi connectivity index (χ2n) is 3.71. The Labute approximate surface area is 124 Å². The Morgan fingerprint density at radius 2 is 1.95 bits per heavy atom. The number of hydrogen-bond acceptors (Lipinski definition) is 3. The Hall–Kier alpha value is -1.65. The second kappa shape index (κ2) is 6.50. The molecule has 0 aliphatic rings. The second-order valence-corrected chi connectivity index (χ2v) is 5.06.